The van der Waals surface area contributed by atoms with Crippen LogP contribution in [0, 0.1) is 0 Å². The molecule has 0 amide bonds. The number of carbonyl (C=O) groups is 1. The molecule has 4 rings (SSSR count). The first-order chi connectivity index (χ1) is 15.9. The maximum atomic E-state index is 12.3. The average Bonchev–Trinajstić information content (AvgIpc) is 3.16. The highest BCUT2D eigenvalue weighted by Crippen LogP contribution is 2.31. The molecule has 0 N–H and O–H groups in total. The SMILES string of the molecule is CCOc1cc(/C=C2\N=C(c3ccc(Cl)c(Cl)c3)OC2=O)ccc1OCc1ccc(Cl)cc1. The van der Waals surface area contributed by atoms with Gasteiger partial charge in [0.1, 0.15) is 6.61 Å². The lowest BCUT2D eigenvalue weighted by Gasteiger charge is -2.13. The summed E-state index contributed by atoms with van der Waals surface area (Å²) in [4.78, 5) is 16.7. The summed E-state index contributed by atoms with van der Waals surface area (Å²) >= 11 is 17.9. The Labute approximate surface area is 206 Å². The van der Waals surface area contributed by atoms with Gasteiger partial charge in [0.25, 0.3) is 0 Å². The number of esters is 1. The predicted octanol–water partition coefficient (Wildman–Crippen LogP) is 6.97. The Bertz CT molecular complexity index is 1250. The maximum absolute atomic E-state index is 12.3. The zero-order valence-corrected chi connectivity index (χ0v) is 19.7. The highest BCUT2D eigenvalue weighted by molar-refractivity contribution is 6.42. The van der Waals surface area contributed by atoms with E-state index in [9.17, 15) is 4.79 Å². The normalized spacial score (nSPS) is 14.2. The van der Waals surface area contributed by atoms with E-state index in [0.29, 0.717) is 50.9 Å². The van der Waals surface area contributed by atoms with Crippen LogP contribution in [-0.4, -0.2) is 18.5 Å². The summed E-state index contributed by atoms with van der Waals surface area (Å²) < 4.78 is 17.0. The van der Waals surface area contributed by atoms with Crippen LogP contribution >= 0.6 is 34.8 Å². The minimum absolute atomic E-state index is 0.161. The van der Waals surface area contributed by atoms with Crippen molar-refractivity contribution in [1.82, 2.24) is 0 Å². The van der Waals surface area contributed by atoms with Gasteiger partial charge in [-0.15, -0.1) is 0 Å². The summed E-state index contributed by atoms with van der Waals surface area (Å²) in [6, 6.07) is 17.7. The molecule has 1 aliphatic rings. The first-order valence-corrected chi connectivity index (χ1v) is 11.2. The number of cyclic esters (lactones) is 1. The molecule has 8 heteroatoms. The molecule has 0 bridgehead atoms. The Hall–Kier alpha value is -2.99. The lowest BCUT2D eigenvalue weighted by atomic mass is 10.1. The number of hydrogen-bond donors (Lipinski definition) is 0. The van der Waals surface area contributed by atoms with Gasteiger partial charge in [0.15, 0.2) is 17.2 Å². The van der Waals surface area contributed by atoms with Gasteiger partial charge >= 0.3 is 5.97 Å². The predicted molar refractivity (Wildman–Crippen MR) is 130 cm³/mol. The number of ether oxygens (including phenoxy) is 3. The molecular formula is C25H18Cl3NO4. The molecule has 5 nitrogen and oxygen atoms in total. The second kappa shape index (κ2) is 10.3. The van der Waals surface area contributed by atoms with Crippen LogP contribution in [-0.2, 0) is 16.1 Å². The summed E-state index contributed by atoms with van der Waals surface area (Å²) in [6.45, 7) is 2.70. The number of aliphatic imine (C=N–C) groups is 1. The summed E-state index contributed by atoms with van der Waals surface area (Å²) in [5, 5.41) is 1.42. The van der Waals surface area contributed by atoms with Crippen molar-refractivity contribution >= 4 is 52.7 Å². The van der Waals surface area contributed by atoms with Crippen molar-refractivity contribution in [2.75, 3.05) is 6.61 Å². The highest BCUT2D eigenvalue weighted by Gasteiger charge is 2.24. The van der Waals surface area contributed by atoms with Crippen LogP contribution in [0.15, 0.2) is 71.4 Å². The topological polar surface area (TPSA) is 57.1 Å². The van der Waals surface area contributed by atoms with Crippen LogP contribution in [0.1, 0.15) is 23.6 Å². The Morgan fingerprint density at radius 2 is 1.70 bits per heavy atom. The van der Waals surface area contributed by atoms with Crippen LogP contribution in [0.25, 0.3) is 6.08 Å². The van der Waals surface area contributed by atoms with Gasteiger partial charge in [-0.3, -0.25) is 0 Å². The van der Waals surface area contributed by atoms with E-state index in [1.54, 1.807) is 36.4 Å². The number of benzene rings is 3. The molecule has 33 heavy (non-hydrogen) atoms. The molecule has 0 unspecified atom stereocenters. The third kappa shape index (κ3) is 5.69. The minimum atomic E-state index is -0.558. The number of nitrogens with zero attached hydrogens (tertiary/aromatic N) is 1. The van der Waals surface area contributed by atoms with Crippen molar-refractivity contribution in [2.45, 2.75) is 13.5 Å². The summed E-state index contributed by atoms with van der Waals surface area (Å²) in [5.74, 6) is 0.749. The average molecular weight is 503 g/mol. The third-order valence-corrected chi connectivity index (χ3v) is 5.66. The summed E-state index contributed by atoms with van der Waals surface area (Å²) in [6.07, 6.45) is 1.62. The van der Waals surface area contributed by atoms with Gasteiger partial charge in [0.2, 0.25) is 5.90 Å². The van der Waals surface area contributed by atoms with Crippen molar-refractivity contribution in [3.8, 4) is 11.5 Å². The Balaban J connectivity index is 1.56. The van der Waals surface area contributed by atoms with Gasteiger partial charge in [-0.05, 0) is 66.6 Å². The molecule has 0 aliphatic carbocycles. The number of halogens is 3. The van der Waals surface area contributed by atoms with Crippen LogP contribution in [0.3, 0.4) is 0 Å². The molecular weight excluding hydrogens is 485 g/mol. The van der Waals surface area contributed by atoms with E-state index in [1.165, 1.54) is 0 Å². The quantitative estimate of drug-likeness (QED) is 0.259. The molecule has 0 saturated heterocycles. The monoisotopic (exact) mass is 501 g/mol. The fourth-order valence-electron chi connectivity index (χ4n) is 3.06. The first-order valence-electron chi connectivity index (χ1n) is 10.0. The third-order valence-electron chi connectivity index (χ3n) is 4.67. The summed E-state index contributed by atoms with van der Waals surface area (Å²) in [7, 11) is 0. The number of rotatable bonds is 7. The zero-order chi connectivity index (χ0) is 23.4. The Morgan fingerprint density at radius 3 is 2.42 bits per heavy atom. The molecule has 1 aliphatic heterocycles. The molecule has 0 spiro atoms. The summed E-state index contributed by atoms with van der Waals surface area (Å²) in [5.41, 5.74) is 2.41. The molecule has 3 aromatic rings. The Kier molecular flexibility index (Phi) is 7.23. The first kappa shape index (κ1) is 23.2. The number of hydrogen-bond acceptors (Lipinski definition) is 5. The van der Waals surface area contributed by atoms with E-state index in [0.717, 1.165) is 5.56 Å². The fourth-order valence-corrected chi connectivity index (χ4v) is 3.49. The van der Waals surface area contributed by atoms with Crippen molar-refractivity contribution in [1.29, 1.82) is 0 Å². The van der Waals surface area contributed by atoms with E-state index in [1.807, 2.05) is 37.3 Å². The molecule has 3 aromatic carbocycles. The fraction of sp³-hybridized carbons (Fsp3) is 0.120. The van der Waals surface area contributed by atoms with Crippen LogP contribution < -0.4 is 9.47 Å². The highest BCUT2D eigenvalue weighted by atomic mass is 35.5. The van der Waals surface area contributed by atoms with Gasteiger partial charge < -0.3 is 14.2 Å². The lowest BCUT2D eigenvalue weighted by Crippen LogP contribution is -2.05. The van der Waals surface area contributed by atoms with E-state index >= 15 is 0 Å². The molecule has 1 heterocycles. The second-order valence-corrected chi connectivity index (χ2v) is 8.27. The molecule has 168 valence electrons. The van der Waals surface area contributed by atoms with Crippen molar-refractivity contribution in [3.05, 3.63) is 98.1 Å². The van der Waals surface area contributed by atoms with Crippen LogP contribution in [0.5, 0.6) is 11.5 Å². The molecule has 0 radical (unpaired) electrons. The van der Waals surface area contributed by atoms with Gasteiger partial charge in [0, 0.05) is 10.6 Å². The smallest absolute Gasteiger partial charge is 0.363 e. The van der Waals surface area contributed by atoms with Crippen LogP contribution in [0.4, 0.5) is 0 Å². The van der Waals surface area contributed by atoms with Crippen molar-refractivity contribution in [3.63, 3.8) is 0 Å². The van der Waals surface area contributed by atoms with Crippen LogP contribution in [0.2, 0.25) is 15.1 Å². The maximum Gasteiger partial charge on any atom is 0.363 e. The van der Waals surface area contributed by atoms with E-state index in [-0.39, 0.29) is 11.6 Å². The number of carbonyl (C=O) groups excluding carboxylic acids is 1. The van der Waals surface area contributed by atoms with E-state index < -0.39 is 5.97 Å². The molecule has 0 atom stereocenters. The van der Waals surface area contributed by atoms with Gasteiger partial charge in [-0.25, -0.2) is 9.79 Å². The second-order valence-electron chi connectivity index (χ2n) is 7.02. The molecule has 0 fully saturated rings. The zero-order valence-electron chi connectivity index (χ0n) is 17.5. The largest absolute Gasteiger partial charge is 0.490 e. The van der Waals surface area contributed by atoms with Crippen molar-refractivity contribution in [2.24, 2.45) is 4.99 Å². The van der Waals surface area contributed by atoms with Gasteiger partial charge in [-0.1, -0.05) is 53.0 Å². The van der Waals surface area contributed by atoms with Gasteiger partial charge in [-0.2, -0.15) is 0 Å². The standard InChI is InChI=1S/C25H18Cl3NO4/c1-2-31-23-12-16(5-10-22(23)32-14-15-3-7-18(26)8-4-15)11-21-25(30)33-24(29-21)17-6-9-19(27)20(28)13-17/h3-13H,2,14H2,1H3/b21-11-. The lowest BCUT2D eigenvalue weighted by molar-refractivity contribution is -0.129. The van der Waals surface area contributed by atoms with E-state index in [2.05, 4.69) is 4.99 Å². The molecule has 0 saturated carbocycles. The molecule has 0 aromatic heterocycles. The Morgan fingerprint density at radius 1 is 0.909 bits per heavy atom. The van der Waals surface area contributed by atoms with Crippen molar-refractivity contribution < 1.29 is 19.0 Å². The van der Waals surface area contributed by atoms with Gasteiger partial charge in [0.05, 0.1) is 16.7 Å². The minimum Gasteiger partial charge on any atom is -0.490 e. The van der Waals surface area contributed by atoms with E-state index in [4.69, 9.17) is 49.0 Å².